The van der Waals surface area contributed by atoms with Crippen LogP contribution < -0.4 is 5.32 Å². The van der Waals surface area contributed by atoms with Gasteiger partial charge in [0.1, 0.15) is 5.69 Å². The Morgan fingerprint density at radius 3 is 2.65 bits per heavy atom. The molecule has 0 saturated carbocycles. The average molecular weight is 282 g/mol. The van der Waals surface area contributed by atoms with Crippen molar-refractivity contribution in [2.75, 3.05) is 11.9 Å². The van der Waals surface area contributed by atoms with Crippen LogP contribution in [0.5, 0.6) is 0 Å². The average Bonchev–Trinajstić information content (AvgIpc) is 2.65. The fraction of sp³-hybridized carbons (Fsp3) is 0.786. The number of aromatic nitrogens is 2. The predicted octanol–water partition coefficient (Wildman–Crippen LogP) is 3.75. The molecule has 0 unspecified atom stereocenters. The number of anilines is 1. The zero-order valence-corrected chi connectivity index (χ0v) is 13.0. The lowest BCUT2D eigenvalue weighted by Crippen LogP contribution is -2.10. The van der Waals surface area contributed by atoms with Crippen molar-refractivity contribution in [1.82, 2.24) is 9.78 Å². The molecule has 0 fully saturated rings. The number of aryl methyl sites for hydroxylation is 2. The number of rotatable bonds is 9. The highest BCUT2D eigenvalue weighted by atomic mass is 16.6. The van der Waals surface area contributed by atoms with Gasteiger partial charge in [-0.1, -0.05) is 33.6 Å². The summed E-state index contributed by atoms with van der Waals surface area (Å²) in [6.45, 7) is 9.59. The molecule has 0 radical (unpaired) electrons. The van der Waals surface area contributed by atoms with Crippen molar-refractivity contribution < 1.29 is 4.92 Å². The molecule has 0 aliphatic heterocycles. The van der Waals surface area contributed by atoms with Crippen molar-refractivity contribution in [2.45, 2.75) is 59.9 Å². The van der Waals surface area contributed by atoms with Gasteiger partial charge < -0.3 is 5.32 Å². The van der Waals surface area contributed by atoms with E-state index in [9.17, 15) is 10.1 Å². The van der Waals surface area contributed by atoms with Crippen molar-refractivity contribution in [1.29, 1.82) is 0 Å². The van der Waals surface area contributed by atoms with E-state index in [-0.39, 0.29) is 10.6 Å². The van der Waals surface area contributed by atoms with Gasteiger partial charge in [0, 0.05) is 13.1 Å². The Kier molecular flexibility index (Phi) is 6.48. The Morgan fingerprint density at radius 2 is 2.10 bits per heavy atom. The highest BCUT2D eigenvalue weighted by Crippen LogP contribution is 2.28. The minimum atomic E-state index is -0.342. The molecule has 0 aliphatic rings. The third-order valence-corrected chi connectivity index (χ3v) is 3.21. The monoisotopic (exact) mass is 282 g/mol. The molecule has 6 heteroatoms. The Morgan fingerprint density at radius 1 is 1.40 bits per heavy atom. The van der Waals surface area contributed by atoms with E-state index < -0.39 is 0 Å². The maximum absolute atomic E-state index is 11.2. The molecule has 1 aromatic rings. The first-order valence-corrected chi connectivity index (χ1v) is 7.43. The maximum atomic E-state index is 11.2. The second-order valence-corrected chi connectivity index (χ2v) is 5.58. The minimum Gasteiger partial charge on any atom is -0.365 e. The standard InChI is InChI=1S/C14H26N4O2/c1-5-10-17-14(13(18(19)20)12(4)16-17)15-9-7-6-8-11(2)3/h11,15H,5-10H2,1-4H3. The zero-order valence-electron chi connectivity index (χ0n) is 13.0. The summed E-state index contributed by atoms with van der Waals surface area (Å²) in [5.74, 6) is 1.26. The summed E-state index contributed by atoms with van der Waals surface area (Å²) < 4.78 is 1.72. The smallest absolute Gasteiger partial charge is 0.333 e. The van der Waals surface area contributed by atoms with Crippen LogP contribution in [-0.4, -0.2) is 21.2 Å². The van der Waals surface area contributed by atoms with Gasteiger partial charge in [-0.15, -0.1) is 0 Å². The van der Waals surface area contributed by atoms with Crippen LogP contribution in [0.3, 0.4) is 0 Å². The van der Waals surface area contributed by atoms with Gasteiger partial charge in [0.15, 0.2) is 0 Å². The summed E-state index contributed by atoms with van der Waals surface area (Å²) in [5.41, 5.74) is 0.593. The predicted molar refractivity (Wildman–Crippen MR) is 81.1 cm³/mol. The van der Waals surface area contributed by atoms with Crippen LogP contribution in [0.1, 0.15) is 52.1 Å². The van der Waals surface area contributed by atoms with E-state index in [4.69, 9.17) is 0 Å². The van der Waals surface area contributed by atoms with E-state index >= 15 is 0 Å². The normalized spacial score (nSPS) is 11.1. The highest BCUT2D eigenvalue weighted by molar-refractivity contribution is 5.59. The first-order valence-electron chi connectivity index (χ1n) is 7.43. The number of unbranched alkanes of at least 4 members (excludes halogenated alkanes) is 1. The number of nitrogens with one attached hydrogen (secondary N) is 1. The van der Waals surface area contributed by atoms with Gasteiger partial charge in [-0.05, 0) is 25.7 Å². The third kappa shape index (κ3) is 4.51. The maximum Gasteiger partial charge on any atom is 0.333 e. The second kappa shape index (κ2) is 7.87. The van der Waals surface area contributed by atoms with Gasteiger partial charge in [-0.3, -0.25) is 10.1 Å². The first-order chi connectivity index (χ1) is 9.47. The van der Waals surface area contributed by atoms with Crippen molar-refractivity contribution in [2.24, 2.45) is 5.92 Å². The third-order valence-electron chi connectivity index (χ3n) is 3.21. The van der Waals surface area contributed by atoms with Crippen LogP contribution in [0.15, 0.2) is 0 Å². The summed E-state index contributed by atoms with van der Waals surface area (Å²) in [6.07, 6.45) is 4.25. The molecule has 0 atom stereocenters. The van der Waals surface area contributed by atoms with Crippen LogP contribution in [0.25, 0.3) is 0 Å². The SMILES string of the molecule is CCCn1nc(C)c([N+](=O)[O-])c1NCCCCC(C)C. The Hall–Kier alpha value is -1.59. The molecule has 0 saturated heterocycles. The molecule has 6 nitrogen and oxygen atoms in total. The fourth-order valence-electron chi connectivity index (χ4n) is 2.22. The van der Waals surface area contributed by atoms with Crippen LogP contribution in [0.4, 0.5) is 11.5 Å². The van der Waals surface area contributed by atoms with E-state index in [2.05, 4.69) is 24.3 Å². The molecule has 0 amide bonds. The highest BCUT2D eigenvalue weighted by Gasteiger charge is 2.24. The van der Waals surface area contributed by atoms with Crippen molar-refractivity contribution in [3.05, 3.63) is 15.8 Å². The van der Waals surface area contributed by atoms with Crippen LogP contribution in [-0.2, 0) is 6.54 Å². The van der Waals surface area contributed by atoms with Crippen LogP contribution >= 0.6 is 0 Å². The quantitative estimate of drug-likeness (QED) is 0.425. The molecule has 1 aromatic heterocycles. The molecule has 1 N–H and O–H groups in total. The van der Waals surface area contributed by atoms with Gasteiger partial charge in [-0.25, -0.2) is 4.68 Å². The number of nitrogens with zero attached hydrogens (tertiary/aromatic N) is 3. The molecule has 0 spiro atoms. The lowest BCUT2D eigenvalue weighted by Gasteiger charge is -2.09. The topological polar surface area (TPSA) is 73.0 Å². The molecule has 20 heavy (non-hydrogen) atoms. The van der Waals surface area contributed by atoms with Gasteiger partial charge in [0.25, 0.3) is 0 Å². The Labute approximate surface area is 120 Å². The van der Waals surface area contributed by atoms with E-state index in [0.717, 1.165) is 25.8 Å². The van der Waals surface area contributed by atoms with Gasteiger partial charge >= 0.3 is 5.69 Å². The minimum absolute atomic E-state index is 0.113. The number of hydrogen-bond acceptors (Lipinski definition) is 4. The van der Waals surface area contributed by atoms with E-state index in [1.54, 1.807) is 11.6 Å². The van der Waals surface area contributed by atoms with E-state index in [1.807, 2.05) is 6.92 Å². The molecule has 0 aliphatic carbocycles. The lowest BCUT2D eigenvalue weighted by atomic mass is 10.1. The first kappa shape index (κ1) is 16.5. The number of nitro groups is 1. The van der Waals surface area contributed by atoms with Crippen LogP contribution in [0, 0.1) is 23.0 Å². The summed E-state index contributed by atoms with van der Waals surface area (Å²) in [4.78, 5) is 10.8. The molecular formula is C14H26N4O2. The molecule has 0 bridgehead atoms. The fourth-order valence-corrected chi connectivity index (χ4v) is 2.22. The summed E-state index contributed by atoms with van der Waals surface area (Å²) in [6, 6.07) is 0. The van der Waals surface area contributed by atoms with Crippen LogP contribution in [0.2, 0.25) is 0 Å². The molecule has 114 valence electrons. The van der Waals surface area contributed by atoms with Gasteiger partial charge in [0.2, 0.25) is 5.82 Å². The van der Waals surface area contributed by atoms with Crippen molar-refractivity contribution >= 4 is 11.5 Å². The van der Waals surface area contributed by atoms with Crippen molar-refractivity contribution in [3.8, 4) is 0 Å². The second-order valence-electron chi connectivity index (χ2n) is 5.58. The molecule has 1 heterocycles. The Bertz CT molecular complexity index is 441. The molecule has 0 aromatic carbocycles. The largest absolute Gasteiger partial charge is 0.365 e. The Balaban J connectivity index is 2.68. The van der Waals surface area contributed by atoms with E-state index in [0.29, 0.717) is 24.0 Å². The summed E-state index contributed by atoms with van der Waals surface area (Å²) >= 11 is 0. The molecule has 1 rings (SSSR count). The van der Waals surface area contributed by atoms with Gasteiger partial charge in [0.05, 0.1) is 4.92 Å². The van der Waals surface area contributed by atoms with E-state index in [1.165, 1.54) is 6.42 Å². The zero-order chi connectivity index (χ0) is 15.1. The summed E-state index contributed by atoms with van der Waals surface area (Å²) in [7, 11) is 0. The number of hydrogen-bond donors (Lipinski definition) is 1. The van der Waals surface area contributed by atoms with Crippen molar-refractivity contribution in [3.63, 3.8) is 0 Å². The summed E-state index contributed by atoms with van der Waals surface area (Å²) in [5, 5.41) is 18.6. The lowest BCUT2D eigenvalue weighted by molar-refractivity contribution is -0.384. The molecular weight excluding hydrogens is 256 g/mol. The van der Waals surface area contributed by atoms with Gasteiger partial charge in [-0.2, -0.15) is 5.10 Å².